The molecule has 126 valence electrons. The first-order valence-corrected chi connectivity index (χ1v) is 9.07. The number of hydrogen-bond acceptors (Lipinski definition) is 5. The van der Waals surface area contributed by atoms with Crippen LogP contribution in [0.5, 0.6) is 0 Å². The van der Waals surface area contributed by atoms with Gasteiger partial charge in [-0.15, -0.1) is 11.3 Å². The molecule has 3 atom stereocenters. The second-order valence-corrected chi connectivity index (χ2v) is 7.37. The highest BCUT2D eigenvalue weighted by molar-refractivity contribution is 7.13. The lowest BCUT2D eigenvalue weighted by Gasteiger charge is -2.32. The number of amides is 1. The third-order valence-electron chi connectivity index (χ3n) is 5.12. The molecule has 1 amide bonds. The lowest BCUT2D eigenvalue weighted by molar-refractivity contribution is -0.141. The van der Waals surface area contributed by atoms with E-state index >= 15 is 0 Å². The first kappa shape index (κ1) is 15.4. The van der Waals surface area contributed by atoms with Crippen molar-refractivity contribution < 1.29 is 19.1 Å². The molecular formula is C17H18N2O4S. The van der Waals surface area contributed by atoms with Crippen LogP contribution in [-0.4, -0.2) is 39.0 Å². The zero-order chi connectivity index (χ0) is 16.7. The van der Waals surface area contributed by atoms with E-state index in [-0.39, 0.29) is 23.6 Å². The Kier molecular flexibility index (Phi) is 3.88. The Morgan fingerprint density at radius 2 is 2.17 bits per heavy atom. The molecule has 2 aromatic rings. The van der Waals surface area contributed by atoms with Crippen LogP contribution < -0.4 is 0 Å². The number of nitrogens with zero attached hydrogens (tertiary/aromatic N) is 2. The Bertz CT molecular complexity index is 754. The Labute approximate surface area is 143 Å². The van der Waals surface area contributed by atoms with Crippen molar-refractivity contribution in [3.8, 4) is 10.6 Å². The van der Waals surface area contributed by atoms with Crippen molar-refractivity contribution in [1.29, 1.82) is 0 Å². The number of carbonyl (C=O) groups excluding carboxylic acids is 1. The Morgan fingerprint density at radius 3 is 2.92 bits per heavy atom. The van der Waals surface area contributed by atoms with Crippen LogP contribution in [0, 0.1) is 5.92 Å². The molecule has 1 saturated carbocycles. The minimum atomic E-state index is -0.932. The number of carboxylic acid groups (broad SMARTS) is 1. The van der Waals surface area contributed by atoms with Gasteiger partial charge in [0.1, 0.15) is 6.04 Å². The largest absolute Gasteiger partial charge is 0.480 e. The Balaban J connectivity index is 1.70. The summed E-state index contributed by atoms with van der Waals surface area (Å²) in [6, 6.07) is 2.98. The predicted molar refractivity (Wildman–Crippen MR) is 87.8 cm³/mol. The van der Waals surface area contributed by atoms with Gasteiger partial charge in [-0.2, -0.15) is 0 Å². The van der Waals surface area contributed by atoms with Crippen molar-refractivity contribution in [3.05, 3.63) is 29.6 Å². The van der Waals surface area contributed by atoms with Crippen molar-refractivity contribution in [3.63, 3.8) is 0 Å². The van der Waals surface area contributed by atoms with Gasteiger partial charge >= 0.3 is 5.97 Å². The number of oxazole rings is 1. The standard InChI is InChI=1S/C17H18N2O4S/c20-16(14-15(23-9-18-14)13-6-3-7-24-13)19-11-5-2-1-4-10(11)8-12(19)17(21)22/h3,6-7,9-12H,1-2,4-5,8H2,(H,21,22)/t10-,11+,12-/m0/s1. The molecule has 7 heteroatoms. The predicted octanol–water partition coefficient (Wildman–Crippen LogP) is 3.26. The molecule has 1 aliphatic carbocycles. The van der Waals surface area contributed by atoms with Gasteiger partial charge in [-0.1, -0.05) is 18.9 Å². The fourth-order valence-electron chi connectivity index (χ4n) is 4.08. The summed E-state index contributed by atoms with van der Waals surface area (Å²) in [4.78, 5) is 31.3. The molecule has 3 heterocycles. The molecule has 2 fully saturated rings. The summed E-state index contributed by atoms with van der Waals surface area (Å²) in [6.07, 6.45) is 5.80. The van der Waals surface area contributed by atoms with Crippen LogP contribution in [-0.2, 0) is 4.79 Å². The first-order valence-electron chi connectivity index (χ1n) is 8.19. The number of carbonyl (C=O) groups is 2. The van der Waals surface area contributed by atoms with E-state index in [1.807, 2.05) is 17.5 Å². The van der Waals surface area contributed by atoms with E-state index < -0.39 is 12.0 Å². The highest BCUT2D eigenvalue weighted by atomic mass is 32.1. The molecule has 1 N–H and O–H groups in total. The van der Waals surface area contributed by atoms with Crippen LogP contribution in [0.15, 0.2) is 28.3 Å². The number of aromatic nitrogens is 1. The quantitative estimate of drug-likeness (QED) is 0.922. The second kappa shape index (κ2) is 6.05. The topological polar surface area (TPSA) is 83.6 Å². The summed E-state index contributed by atoms with van der Waals surface area (Å²) in [7, 11) is 0. The number of aliphatic carboxylic acids is 1. The van der Waals surface area contributed by atoms with Crippen molar-refractivity contribution >= 4 is 23.2 Å². The van der Waals surface area contributed by atoms with Crippen LogP contribution >= 0.6 is 11.3 Å². The number of likely N-dealkylation sites (tertiary alicyclic amines) is 1. The average molecular weight is 346 g/mol. The summed E-state index contributed by atoms with van der Waals surface area (Å²) < 4.78 is 5.43. The molecule has 1 aliphatic heterocycles. The number of carboxylic acids is 1. The third kappa shape index (κ3) is 2.43. The van der Waals surface area contributed by atoms with Gasteiger partial charge in [0, 0.05) is 6.04 Å². The molecule has 0 spiro atoms. The van der Waals surface area contributed by atoms with Crippen LogP contribution in [0.1, 0.15) is 42.6 Å². The van der Waals surface area contributed by atoms with Gasteiger partial charge in [-0.3, -0.25) is 4.79 Å². The summed E-state index contributed by atoms with van der Waals surface area (Å²) >= 11 is 1.46. The number of thiophene rings is 1. The molecule has 2 aromatic heterocycles. The van der Waals surface area contributed by atoms with E-state index in [1.54, 1.807) is 4.90 Å². The SMILES string of the molecule is O=C(O)[C@@H]1C[C@@H]2CCCC[C@H]2N1C(=O)c1ncoc1-c1cccs1. The van der Waals surface area contributed by atoms with E-state index in [0.29, 0.717) is 12.2 Å². The average Bonchev–Trinajstić information content (AvgIpc) is 3.31. The smallest absolute Gasteiger partial charge is 0.326 e. The molecule has 0 unspecified atom stereocenters. The van der Waals surface area contributed by atoms with E-state index in [4.69, 9.17) is 4.42 Å². The number of rotatable bonds is 3. The highest BCUT2D eigenvalue weighted by Gasteiger charge is 2.48. The van der Waals surface area contributed by atoms with E-state index in [1.165, 1.54) is 17.7 Å². The van der Waals surface area contributed by atoms with E-state index in [2.05, 4.69) is 4.98 Å². The van der Waals surface area contributed by atoms with E-state index in [0.717, 1.165) is 30.6 Å². The first-order chi connectivity index (χ1) is 11.7. The van der Waals surface area contributed by atoms with Gasteiger partial charge in [0.05, 0.1) is 4.88 Å². The minimum absolute atomic E-state index is 0.000218. The van der Waals surface area contributed by atoms with Crippen LogP contribution in [0.3, 0.4) is 0 Å². The molecular weight excluding hydrogens is 328 g/mol. The Morgan fingerprint density at radius 1 is 1.33 bits per heavy atom. The second-order valence-electron chi connectivity index (χ2n) is 6.42. The molecule has 4 rings (SSSR count). The molecule has 0 bridgehead atoms. The van der Waals surface area contributed by atoms with Gasteiger partial charge < -0.3 is 14.4 Å². The molecule has 6 nitrogen and oxygen atoms in total. The maximum Gasteiger partial charge on any atom is 0.326 e. The highest BCUT2D eigenvalue weighted by Crippen LogP contribution is 2.41. The summed E-state index contributed by atoms with van der Waals surface area (Å²) in [5.41, 5.74) is 0.218. The number of hydrogen-bond donors (Lipinski definition) is 1. The zero-order valence-electron chi connectivity index (χ0n) is 13.1. The third-order valence-corrected chi connectivity index (χ3v) is 5.99. The van der Waals surface area contributed by atoms with Gasteiger partial charge in [-0.05, 0) is 36.6 Å². The van der Waals surface area contributed by atoms with E-state index in [9.17, 15) is 14.7 Å². The van der Waals surface area contributed by atoms with Crippen molar-refractivity contribution in [1.82, 2.24) is 9.88 Å². The van der Waals surface area contributed by atoms with Crippen molar-refractivity contribution in [2.75, 3.05) is 0 Å². The zero-order valence-corrected chi connectivity index (χ0v) is 13.9. The van der Waals surface area contributed by atoms with Gasteiger partial charge in [0.15, 0.2) is 17.8 Å². The molecule has 2 aliphatic rings. The Hall–Kier alpha value is -2.15. The van der Waals surface area contributed by atoms with Crippen LogP contribution in [0.25, 0.3) is 10.6 Å². The molecule has 0 aromatic carbocycles. The van der Waals surface area contributed by atoms with Crippen LogP contribution in [0.4, 0.5) is 0 Å². The maximum absolute atomic E-state index is 13.1. The van der Waals surface area contributed by atoms with Gasteiger partial charge in [0.2, 0.25) is 0 Å². The molecule has 1 saturated heterocycles. The fraction of sp³-hybridized carbons (Fsp3) is 0.471. The summed E-state index contributed by atoms with van der Waals surface area (Å²) in [5, 5.41) is 11.5. The lowest BCUT2D eigenvalue weighted by atomic mass is 9.84. The van der Waals surface area contributed by atoms with Gasteiger partial charge in [0.25, 0.3) is 5.91 Å². The summed E-state index contributed by atoms with van der Waals surface area (Å²) in [6.45, 7) is 0. The van der Waals surface area contributed by atoms with Crippen molar-refractivity contribution in [2.24, 2.45) is 5.92 Å². The normalized spacial score (nSPS) is 26.3. The minimum Gasteiger partial charge on any atom is -0.480 e. The van der Waals surface area contributed by atoms with Crippen LogP contribution in [0.2, 0.25) is 0 Å². The van der Waals surface area contributed by atoms with Crippen molar-refractivity contribution in [2.45, 2.75) is 44.2 Å². The maximum atomic E-state index is 13.1. The fourth-order valence-corrected chi connectivity index (χ4v) is 4.79. The monoisotopic (exact) mass is 346 g/mol. The lowest BCUT2D eigenvalue weighted by Crippen LogP contribution is -2.46. The molecule has 0 radical (unpaired) electrons. The van der Waals surface area contributed by atoms with Gasteiger partial charge in [-0.25, -0.2) is 9.78 Å². The molecule has 24 heavy (non-hydrogen) atoms. The summed E-state index contributed by atoms with van der Waals surface area (Å²) in [5.74, 6) is -0.549. The number of fused-ring (bicyclic) bond motifs is 1.